The van der Waals surface area contributed by atoms with E-state index in [1.54, 1.807) is 0 Å². The molecule has 1 aliphatic carbocycles. The van der Waals surface area contributed by atoms with Crippen LogP contribution in [0.2, 0.25) is 0 Å². The number of carbonyl (C=O) groups excluding carboxylic acids is 2. The zero-order valence-corrected chi connectivity index (χ0v) is 12.1. The Balaban J connectivity index is 2.37. The summed E-state index contributed by atoms with van der Waals surface area (Å²) in [7, 11) is 0. The van der Waals surface area contributed by atoms with E-state index in [9.17, 15) is 9.59 Å². The Bertz CT molecular complexity index is 427. The zero-order valence-electron chi connectivity index (χ0n) is 9.19. The van der Waals surface area contributed by atoms with E-state index >= 15 is 0 Å². The molecule has 0 radical (unpaired) electrons. The molecule has 0 aromatic carbocycles. The topological polar surface area (TPSA) is 55.4 Å². The maximum absolute atomic E-state index is 12.0. The fourth-order valence-electron chi connectivity index (χ4n) is 2.08. The molecule has 17 heavy (non-hydrogen) atoms. The van der Waals surface area contributed by atoms with Gasteiger partial charge in [0.15, 0.2) is 0 Å². The number of allylic oxidation sites excluding steroid dienone is 2. The molecule has 0 aromatic heterocycles. The molecule has 1 amide bonds. The molecule has 1 spiro atoms. The van der Waals surface area contributed by atoms with E-state index in [0.29, 0.717) is 12.0 Å². The van der Waals surface area contributed by atoms with E-state index in [2.05, 4.69) is 11.4 Å². The molecule has 0 saturated carbocycles. The maximum atomic E-state index is 12.0. The van der Waals surface area contributed by atoms with Crippen molar-refractivity contribution in [3.05, 3.63) is 23.8 Å². The van der Waals surface area contributed by atoms with Gasteiger partial charge in [-0.1, -0.05) is 0 Å². The number of ether oxygens (including phenoxy) is 1. The Morgan fingerprint density at radius 2 is 2.29 bits per heavy atom. The fraction of sp³-hybridized carbons (Fsp3) is 0.417. The van der Waals surface area contributed by atoms with Crippen LogP contribution < -0.4 is 5.32 Å². The molecule has 2 aliphatic rings. The third-order valence-electron chi connectivity index (χ3n) is 2.85. The van der Waals surface area contributed by atoms with E-state index < -0.39 is 5.60 Å². The summed E-state index contributed by atoms with van der Waals surface area (Å²) >= 11 is 1.33. The van der Waals surface area contributed by atoms with Gasteiger partial charge < -0.3 is 0 Å². The second-order valence-electron chi connectivity index (χ2n) is 3.92. The molecule has 1 saturated heterocycles. The Kier molecular flexibility index (Phi) is 3.72. The normalized spacial score (nSPS) is 28.8. The molecule has 1 unspecified atom stereocenters. The van der Waals surface area contributed by atoms with Crippen LogP contribution in [0.15, 0.2) is 17.7 Å². The Labute approximate surface area is 111 Å². The number of esters is 1. The minimum absolute atomic E-state index is 0.0401. The predicted octanol–water partition coefficient (Wildman–Crippen LogP) is 0.217. The first-order valence-corrected chi connectivity index (χ1v) is 7.12. The summed E-state index contributed by atoms with van der Waals surface area (Å²) in [5.74, 6) is -0.613. The summed E-state index contributed by atoms with van der Waals surface area (Å²) in [5, 5.41) is 2.59. The molecule has 90 valence electrons. The van der Waals surface area contributed by atoms with Gasteiger partial charge in [-0.15, -0.1) is 0 Å². The molecule has 0 aromatic rings. The van der Waals surface area contributed by atoms with Crippen molar-refractivity contribution >= 4 is 16.3 Å². The Hall–Kier alpha value is -1.02. The number of morpholine rings is 1. The van der Waals surface area contributed by atoms with Gasteiger partial charge in [-0.25, -0.2) is 0 Å². The number of amides is 1. The van der Waals surface area contributed by atoms with Crippen LogP contribution in [0.1, 0.15) is 19.3 Å². The Morgan fingerprint density at radius 1 is 1.47 bits per heavy atom. The first kappa shape index (κ1) is 12.4. The minimum atomic E-state index is -1.14. The number of hydrogen-bond donors (Lipinski definition) is 1. The van der Waals surface area contributed by atoms with Crippen LogP contribution in [0.4, 0.5) is 0 Å². The molecule has 5 heteroatoms. The molecule has 2 rings (SSSR count). The number of rotatable bonds is 2. The Morgan fingerprint density at radius 3 is 3.06 bits per heavy atom. The molecule has 0 bridgehead atoms. The summed E-state index contributed by atoms with van der Waals surface area (Å²) in [5.41, 5.74) is -0.464. The van der Waals surface area contributed by atoms with Gasteiger partial charge in [0.05, 0.1) is 0 Å². The summed E-state index contributed by atoms with van der Waals surface area (Å²) in [4.78, 5) is 23.4. The van der Waals surface area contributed by atoms with Crippen molar-refractivity contribution in [1.82, 2.24) is 5.32 Å². The van der Waals surface area contributed by atoms with E-state index in [0.717, 1.165) is 12.8 Å². The van der Waals surface area contributed by atoms with Gasteiger partial charge in [0.1, 0.15) is 0 Å². The SMILES string of the molecule is O=C1CNC(=O)C2(CCC[C-]=C2/C=C\[CH]=[W])O1. The average Bonchev–Trinajstić information content (AvgIpc) is 2.33. The van der Waals surface area contributed by atoms with Crippen molar-refractivity contribution in [3.8, 4) is 0 Å². The van der Waals surface area contributed by atoms with Crippen LogP contribution in [-0.2, 0) is 33.7 Å². The third-order valence-corrected chi connectivity index (χ3v) is 3.41. The van der Waals surface area contributed by atoms with Gasteiger partial charge in [0.2, 0.25) is 0 Å². The van der Waals surface area contributed by atoms with Crippen molar-refractivity contribution in [2.24, 2.45) is 0 Å². The first-order valence-electron chi connectivity index (χ1n) is 5.42. The summed E-state index contributed by atoms with van der Waals surface area (Å²) in [6, 6.07) is 0. The average molecular weight is 402 g/mol. The van der Waals surface area contributed by atoms with Crippen LogP contribution >= 0.6 is 0 Å². The van der Waals surface area contributed by atoms with E-state index in [1.807, 2.05) is 16.6 Å². The van der Waals surface area contributed by atoms with Gasteiger partial charge in [0, 0.05) is 0 Å². The van der Waals surface area contributed by atoms with Gasteiger partial charge in [-0.3, -0.25) is 0 Å². The van der Waals surface area contributed by atoms with Crippen molar-refractivity contribution in [1.29, 1.82) is 0 Å². The molecular formula is C12H12NO3W-. The molecular weight excluding hydrogens is 390 g/mol. The van der Waals surface area contributed by atoms with Gasteiger partial charge in [-0.2, -0.15) is 0 Å². The molecule has 4 nitrogen and oxygen atoms in total. The molecule has 1 aliphatic heterocycles. The summed E-state index contributed by atoms with van der Waals surface area (Å²) in [6.07, 6.45) is 8.95. The number of nitrogens with one attached hydrogen (secondary N) is 1. The van der Waals surface area contributed by atoms with E-state index in [4.69, 9.17) is 4.74 Å². The van der Waals surface area contributed by atoms with Crippen LogP contribution in [0.3, 0.4) is 0 Å². The molecule has 1 heterocycles. The monoisotopic (exact) mass is 402 g/mol. The van der Waals surface area contributed by atoms with Crippen molar-refractivity contribution in [3.63, 3.8) is 0 Å². The quantitative estimate of drug-likeness (QED) is 0.531. The van der Waals surface area contributed by atoms with Gasteiger partial charge in [0.25, 0.3) is 0 Å². The standard InChI is InChI=1S/C12H12NO3.W/c1-2-5-9-6-3-4-7-12(9)11(15)13-8-10(14)16-12;/h1-2,5H,3-4,7-8H2,(H,13,15);/q-1;/b5-2-;. The summed E-state index contributed by atoms with van der Waals surface area (Å²) in [6.45, 7) is -0.0401. The van der Waals surface area contributed by atoms with Crippen LogP contribution in [0.5, 0.6) is 0 Å². The molecule has 1 fully saturated rings. The second-order valence-corrected chi connectivity index (χ2v) is 4.90. The first-order chi connectivity index (χ1) is 8.19. The van der Waals surface area contributed by atoms with Crippen molar-refractivity contribution < 1.29 is 33.7 Å². The van der Waals surface area contributed by atoms with Gasteiger partial charge in [-0.05, 0) is 0 Å². The van der Waals surface area contributed by atoms with E-state index in [1.165, 1.54) is 19.4 Å². The van der Waals surface area contributed by atoms with Crippen molar-refractivity contribution in [2.75, 3.05) is 6.54 Å². The van der Waals surface area contributed by atoms with E-state index in [-0.39, 0.29) is 18.4 Å². The second kappa shape index (κ2) is 5.09. The number of hydrogen-bond acceptors (Lipinski definition) is 3. The van der Waals surface area contributed by atoms with Crippen LogP contribution in [0, 0.1) is 6.08 Å². The molecule has 1 atom stereocenters. The van der Waals surface area contributed by atoms with Crippen LogP contribution in [-0.4, -0.2) is 28.4 Å². The number of carbonyl (C=O) groups is 2. The molecule has 1 N–H and O–H groups in total. The fourth-order valence-corrected chi connectivity index (χ4v) is 2.36. The van der Waals surface area contributed by atoms with Crippen LogP contribution in [0.25, 0.3) is 0 Å². The third kappa shape index (κ3) is 2.32. The summed E-state index contributed by atoms with van der Waals surface area (Å²) < 4.78 is 7.27. The predicted molar refractivity (Wildman–Crippen MR) is 57.6 cm³/mol. The van der Waals surface area contributed by atoms with Crippen molar-refractivity contribution in [2.45, 2.75) is 24.9 Å². The van der Waals surface area contributed by atoms with Gasteiger partial charge >= 0.3 is 110 Å². The zero-order chi connectivity index (χ0) is 12.3.